The van der Waals surface area contributed by atoms with Gasteiger partial charge < -0.3 is 11.1 Å². The number of anilines is 1. The van der Waals surface area contributed by atoms with E-state index in [9.17, 15) is 4.79 Å². The first kappa shape index (κ1) is 10.1. The summed E-state index contributed by atoms with van der Waals surface area (Å²) >= 11 is 0. The number of hydrogen-bond donors (Lipinski definition) is 2. The van der Waals surface area contributed by atoms with Crippen LogP contribution in [0.2, 0.25) is 0 Å². The molecule has 4 nitrogen and oxygen atoms in total. The summed E-state index contributed by atoms with van der Waals surface area (Å²) in [6.07, 6.45) is 1.59. The predicted octanol–water partition coefficient (Wildman–Crippen LogP) is 0.151. The van der Waals surface area contributed by atoms with Crippen LogP contribution in [-0.4, -0.2) is 17.4 Å². The van der Waals surface area contributed by atoms with Crippen LogP contribution in [0.25, 0.3) is 0 Å². The van der Waals surface area contributed by atoms with Gasteiger partial charge in [0.2, 0.25) is 5.91 Å². The number of nitrogens with zero attached hydrogens (tertiary/aromatic N) is 1. The number of rotatable bonds is 1. The van der Waals surface area contributed by atoms with Crippen molar-refractivity contribution in [1.29, 1.82) is 0 Å². The molecule has 1 aromatic rings. The van der Waals surface area contributed by atoms with E-state index in [1.165, 1.54) is 6.92 Å². The summed E-state index contributed by atoms with van der Waals surface area (Å²) in [6, 6.07) is 3.46. The Balaban J connectivity index is 2.51. The van der Waals surface area contributed by atoms with Gasteiger partial charge in [0.15, 0.2) is 0 Å². The first-order valence-corrected chi connectivity index (χ1v) is 4.13. The van der Waals surface area contributed by atoms with E-state index in [0.29, 0.717) is 12.4 Å². The number of hydrogen-bond acceptors (Lipinski definition) is 3. The highest BCUT2D eigenvalue weighted by atomic mass is 16.1. The fraction of sp³-hybridized carbons (Fsp3) is 0.200. The number of amides is 1. The van der Waals surface area contributed by atoms with Crippen molar-refractivity contribution in [2.24, 2.45) is 0 Å². The molecule has 0 fully saturated rings. The van der Waals surface area contributed by atoms with Crippen molar-refractivity contribution >= 4 is 11.7 Å². The molecule has 0 bridgehead atoms. The summed E-state index contributed by atoms with van der Waals surface area (Å²) in [4.78, 5) is 14.4. The number of nitrogens with one attached hydrogen (secondary N) is 1. The Morgan fingerprint density at radius 2 is 2.43 bits per heavy atom. The highest BCUT2D eigenvalue weighted by molar-refractivity contribution is 5.73. The summed E-state index contributed by atoms with van der Waals surface area (Å²) < 4.78 is 0. The highest BCUT2D eigenvalue weighted by Gasteiger charge is 1.87. The molecule has 1 heterocycles. The van der Waals surface area contributed by atoms with E-state index in [2.05, 4.69) is 22.1 Å². The van der Waals surface area contributed by atoms with Crippen LogP contribution < -0.4 is 11.1 Å². The van der Waals surface area contributed by atoms with Crippen molar-refractivity contribution in [3.63, 3.8) is 0 Å². The molecule has 0 aliphatic carbocycles. The van der Waals surface area contributed by atoms with Crippen molar-refractivity contribution < 1.29 is 4.79 Å². The molecule has 0 aliphatic heterocycles. The van der Waals surface area contributed by atoms with E-state index in [-0.39, 0.29) is 5.91 Å². The second-order valence-electron chi connectivity index (χ2n) is 2.68. The zero-order valence-electron chi connectivity index (χ0n) is 7.87. The predicted molar refractivity (Wildman–Crippen MR) is 54.2 cm³/mol. The van der Waals surface area contributed by atoms with Gasteiger partial charge in [0.05, 0.1) is 6.54 Å². The second kappa shape index (κ2) is 4.87. The Kier molecular flexibility index (Phi) is 3.50. The first-order valence-electron chi connectivity index (χ1n) is 4.13. The number of nitrogen functional groups attached to an aromatic ring is 1. The molecule has 0 radical (unpaired) electrons. The molecule has 14 heavy (non-hydrogen) atoms. The maximum Gasteiger partial charge on any atom is 0.217 e. The number of nitrogens with two attached hydrogens (primary N) is 1. The lowest BCUT2D eigenvalue weighted by molar-refractivity contribution is -0.118. The summed E-state index contributed by atoms with van der Waals surface area (Å²) in [7, 11) is 0. The number of pyridine rings is 1. The minimum Gasteiger partial charge on any atom is -0.384 e. The standard InChI is InChI=1S/C10H11N3O/c1-8(14)12-6-2-3-9-4-5-10(11)13-7-9/h4-5,7H,6H2,1H3,(H2,11,13)(H,12,14). The number of aromatic nitrogens is 1. The Morgan fingerprint density at radius 1 is 1.64 bits per heavy atom. The summed E-state index contributed by atoms with van der Waals surface area (Å²) in [5.41, 5.74) is 6.19. The molecule has 4 heteroatoms. The third kappa shape index (κ3) is 3.59. The Labute approximate surface area is 82.5 Å². The van der Waals surface area contributed by atoms with Crippen molar-refractivity contribution in [1.82, 2.24) is 10.3 Å². The molecule has 1 amide bonds. The lowest BCUT2D eigenvalue weighted by Gasteiger charge is -1.92. The molecule has 72 valence electrons. The normalized spacial score (nSPS) is 8.64. The minimum absolute atomic E-state index is 0.0882. The summed E-state index contributed by atoms with van der Waals surface area (Å²) in [6.45, 7) is 1.80. The molecule has 0 unspecified atom stereocenters. The molecule has 0 spiro atoms. The first-order chi connectivity index (χ1) is 6.68. The lowest BCUT2D eigenvalue weighted by Crippen LogP contribution is -2.19. The zero-order chi connectivity index (χ0) is 10.4. The molecule has 0 saturated carbocycles. The van der Waals surface area contributed by atoms with Crippen molar-refractivity contribution in [3.8, 4) is 11.8 Å². The van der Waals surface area contributed by atoms with Gasteiger partial charge in [-0.25, -0.2) is 4.98 Å². The van der Waals surface area contributed by atoms with Gasteiger partial charge in [0.25, 0.3) is 0 Å². The monoisotopic (exact) mass is 189 g/mol. The van der Waals surface area contributed by atoms with Crippen LogP contribution in [0.5, 0.6) is 0 Å². The van der Waals surface area contributed by atoms with Crippen LogP contribution >= 0.6 is 0 Å². The third-order valence-electron chi connectivity index (χ3n) is 1.44. The zero-order valence-corrected chi connectivity index (χ0v) is 7.87. The van der Waals surface area contributed by atoms with Crippen LogP contribution in [0.1, 0.15) is 12.5 Å². The molecule has 0 aliphatic rings. The van der Waals surface area contributed by atoms with Crippen LogP contribution in [-0.2, 0) is 4.79 Å². The maximum absolute atomic E-state index is 10.5. The van der Waals surface area contributed by atoms with Crippen molar-refractivity contribution in [2.75, 3.05) is 12.3 Å². The van der Waals surface area contributed by atoms with E-state index < -0.39 is 0 Å². The fourth-order valence-corrected chi connectivity index (χ4v) is 0.794. The molecule has 0 saturated heterocycles. The maximum atomic E-state index is 10.5. The van der Waals surface area contributed by atoms with Gasteiger partial charge in [-0.1, -0.05) is 11.8 Å². The molecular formula is C10H11N3O. The van der Waals surface area contributed by atoms with E-state index in [1.54, 1.807) is 18.3 Å². The van der Waals surface area contributed by atoms with Gasteiger partial charge in [0, 0.05) is 18.7 Å². The van der Waals surface area contributed by atoms with E-state index in [1.807, 2.05) is 0 Å². The number of carbonyl (C=O) groups excluding carboxylic acids is 1. The topological polar surface area (TPSA) is 68.0 Å². The van der Waals surface area contributed by atoms with Crippen LogP contribution in [0.4, 0.5) is 5.82 Å². The average molecular weight is 189 g/mol. The third-order valence-corrected chi connectivity index (χ3v) is 1.44. The summed E-state index contributed by atoms with van der Waals surface area (Å²) in [5.74, 6) is 6.02. The van der Waals surface area contributed by atoms with E-state index in [0.717, 1.165) is 5.56 Å². The fourth-order valence-electron chi connectivity index (χ4n) is 0.794. The largest absolute Gasteiger partial charge is 0.384 e. The number of carbonyl (C=O) groups is 1. The highest BCUT2D eigenvalue weighted by Crippen LogP contribution is 1.98. The van der Waals surface area contributed by atoms with Crippen molar-refractivity contribution in [3.05, 3.63) is 23.9 Å². The Morgan fingerprint density at radius 3 is 3.00 bits per heavy atom. The average Bonchev–Trinajstić information content (AvgIpc) is 2.15. The van der Waals surface area contributed by atoms with Crippen LogP contribution in [0.3, 0.4) is 0 Å². The molecule has 1 rings (SSSR count). The van der Waals surface area contributed by atoms with Crippen LogP contribution in [0, 0.1) is 11.8 Å². The Bertz CT molecular complexity index is 373. The summed E-state index contributed by atoms with van der Waals surface area (Å²) in [5, 5.41) is 2.57. The molecular weight excluding hydrogens is 178 g/mol. The van der Waals surface area contributed by atoms with Gasteiger partial charge >= 0.3 is 0 Å². The van der Waals surface area contributed by atoms with Gasteiger partial charge in [-0.15, -0.1) is 0 Å². The SMILES string of the molecule is CC(=O)NCC#Cc1ccc(N)nc1. The van der Waals surface area contributed by atoms with Gasteiger partial charge in [-0.2, -0.15) is 0 Å². The van der Waals surface area contributed by atoms with Gasteiger partial charge in [0.1, 0.15) is 5.82 Å². The molecule has 0 atom stereocenters. The smallest absolute Gasteiger partial charge is 0.217 e. The molecule has 1 aromatic heterocycles. The Hall–Kier alpha value is -2.02. The lowest BCUT2D eigenvalue weighted by atomic mass is 10.3. The van der Waals surface area contributed by atoms with Gasteiger partial charge in [-0.3, -0.25) is 4.79 Å². The van der Waals surface area contributed by atoms with E-state index >= 15 is 0 Å². The van der Waals surface area contributed by atoms with Gasteiger partial charge in [-0.05, 0) is 12.1 Å². The second-order valence-corrected chi connectivity index (χ2v) is 2.68. The minimum atomic E-state index is -0.0882. The molecule has 3 N–H and O–H groups in total. The van der Waals surface area contributed by atoms with Crippen LogP contribution in [0.15, 0.2) is 18.3 Å². The molecule has 0 aromatic carbocycles. The van der Waals surface area contributed by atoms with Crippen molar-refractivity contribution in [2.45, 2.75) is 6.92 Å². The van der Waals surface area contributed by atoms with E-state index in [4.69, 9.17) is 5.73 Å². The quantitative estimate of drug-likeness (QED) is 0.618.